The Morgan fingerprint density at radius 2 is 1.88 bits per heavy atom. The average Bonchev–Trinajstić information content (AvgIpc) is 2.69. The molecule has 0 spiro atoms. The molecule has 0 radical (unpaired) electrons. The maximum atomic E-state index is 13.0. The molecule has 0 N–H and O–H groups in total. The summed E-state index contributed by atoms with van der Waals surface area (Å²) in [5.41, 5.74) is 1.65. The number of hydrogen-bond acceptors (Lipinski definition) is 6. The van der Waals surface area contributed by atoms with Gasteiger partial charge in [0.25, 0.3) is 0 Å². The van der Waals surface area contributed by atoms with Crippen molar-refractivity contribution in [2.75, 3.05) is 37.6 Å². The van der Waals surface area contributed by atoms with Gasteiger partial charge in [-0.1, -0.05) is 23.7 Å². The summed E-state index contributed by atoms with van der Waals surface area (Å²) in [7, 11) is 0. The van der Waals surface area contributed by atoms with Crippen LogP contribution in [0.15, 0.2) is 36.7 Å². The molecule has 1 amide bonds. The Bertz CT molecular complexity index is 865. The van der Waals surface area contributed by atoms with Gasteiger partial charge in [-0.25, -0.2) is 9.97 Å². The number of anilines is 1. The van der Waals surface area contributed by atoms with Gasteiger partial charge in [0.1, 0.15) is 18.2 Å². The molecule has 1 unspecified atom stereocenters. The molecule has 1 aromatic heterocycles. The quantitative estimate of drug-likeness (QED) is 0.749. The number of benzene rings is 1. The number of fused-ring (bicyclic) bond motifs is 1. The highest BCUT2D eigenvalue weighted by Crippen LogP contribution is 2.25. The number of halogens is 1. The first-order valence-electron chi connectivity index (χ1n) is 8.44. The summed E-state index contributed by atoms with van der Waals surface area (Å²) in [5, 5.41) is 9.80. The zero-order chi connectivity index (χ0) is 18.1. The fourth-order valence-electron chi connectivity index (χ4n) is 3.43. The van der Waals surface area contributed by atoms with Crippen LogP contribution in [0.25, 0.3) is 11.3 Å². The fourth-order valence-corrected chi connectivity index (χ4v) is 3.56. The summed E-state index contributed by atoms with van der Waals surface area (Å²) in [5.74, 6) is 0.570. The molecule has 3 heterocycles. The molecule has 7 nitrogen and oxygen atoms in total. The maximum absolute atomic E-state index is 13.0. The van der Waals surface area contributed by atoms with Gasteiger partial charge in [0.05, 0.1) is 12.2 Å². The van der Waals surface area contributed by atoms with Gasteiger partial charge in [0, 0.05) is 42.8 Å². The Morgan fingerprint density at radius 3 is 2.65 bits per heavy atom. The highest BCUT2D eigenvalue weighted by molar-refractivity contribution is 6.30. The van der Waals surface area contributed by atoms with Crippen molar-refractivity contribution in [1.29, 1.82) is 5.26 Å². The summed E-state index contributed by atoms with van der Waals surface area (Å²) >= 11 is 5.94. The van der Waals surface area contributed by atoms with E-state index >= 15 is 0 Å². The largest absolute Gasteiger partial charge is 0.307 e. The molecule has 2 aromatic rings. The first-order chi connectivity index (χ1) is 12.7. The average molecular weight is 369 g/mol. The first kappa shape index (κ1) is 16.8. The van der Waals surface area contributed by atoms with E-state index in [1.165, 1.54) is 6.33 Å². The van der Waals surface area contributed by atoms with E-state index in [1.807, 2.05) is 18.2 Å². The molecular weight excluding hydrogens is 352 g/mol. The van der Waals surface area contributed by atoms with Crippen molar-refractivity contribution < 1.29 is 4.79 Å². The minimum Gasteiger partial charge on any atom is -0.307 e. The fraction of sp³-hybridized carbons (Fsp3) is 0.333. The highest BCUT2D eigenvalue weighted by Gasteiger charge is 2.39. The van der Waals surface area contributed by atoms with Crippen molar-refractivity contribution in [2.45, 2.75) is 6.04 Å². The predicted octanol–water partition coefficient (Wildman–Crippen LogP) is 1.61. The number of amides is 1. The lowest BCUT2D eigenvalue weighted by Crippen LogP contribution is -2.64. The van der Waals surface area contributed by atoms with E-state index in [9.17, 15) is 4.79 Å². The molecule has 0 bridgehead atoms. The minimum atomic E-state index is -0.300. The van der Waals surface area contributed by atoms with Crippen LogP contribution in [0, 0.1) is 11.5 Å². The van der Waals surface area contributed by atoms with Crippen LogP contribution in [0.1, 0.15) is 0 Å². The van der Waals surface area contributed by atoms with Crippen molar-refractivity contribution >= 4 is 23.3 Å². The number of nitrogens with zero attached hydrogens (tertiary/aromatic N) is 6. The van der Waals surface area contributed by atoms with E-state index in [2.05, 4.69) is 21.1 Å². The van der Waals surface area contributed by atoms with Crippen molar-refractivity contribution in [3.63, 3.8) is 0 Å². The normalized spacial score (nSPS) is 20.6. The van der Waals surface area contributed by atoms with Crippen LogP contribution in [0.5, 0.6) is 0 Å². The van der Waals surface area contributed by atoms with Crippen molar-refractivity contribution in [2.24, 2.45) is 0 Å². The molecule has 1 aromatic carbocycles. The molecule has 2 aliphatic heterocycles. The van der Waals surface area contributed by atoms with Gasteiger partial charge in [0.2, 0.25) is 5.91 Å². The van der Waals surface area contributed by atoms with Gasteiger partial charge in [0.15, 0.2) is 6.19 Å². The zero-order valence-electron chi connectivity index (χ0n) is 14.0. The van der Waals surface area contributed by atoms with Crippen molar-refractivity contribution in [3.05, 3.63) is 41.7 Å². The number of carbonyl (C=O) groups excluding carboxylic acids is 1. The molecule has 2 aliphatic rings. The Labute approximate surface area is 156 Å². The van der Waals surface area contributed by atoms with Gasteiger partial charge in [-0.2, -0.15) is 5.26 Å². The van der Waals surface area contributed by atoms with E-state index in [0.29, 0.717) is 30.5 Å². The van der Waals surface area contributed by atoms with E-state index in [0.717, 1.165) is 24.3 Å². The summed E-state index contributed by atoms with van der Waals surface area (Å²) in [6, 6.07) is 8.91. The molecule has 1 atom stereocenters. The molecule has 2 saturated heterocycles. The van der Waals surface area contributed by atoms with Crippen molar-refractivity contribution in [3.8, 4) is 17.5 Å². The number of aromatic nitrogens is 2. The molecule has 0 saturated carbocycles. The third-order valence-electron chi connectivity index (χ3n) is 4.86. The summed E-state index contributed by atoms with van der Waals surface area (Å²) in [6.07, 6.45) is 3.62. The molecule has 0 aliphatic carbocycles. The molecule has 8 heteroatoms. The predicted molar refractivity (Wildman–Crippen MR) is 97.4 cm³/mol. The lowest BCUT2D eigenvalue weighted by atomic mass is 10.1. The van der Waals surface area contributed by atoms with Crippen molar-refractivity contribution in [1.82, 2.24) is 19.8 Å². The minimum absolute atomic E-state index is 0.0167. The van der Waals surface area contributed by atoms with E-state index < -0.39 is 0 Å². The van der Waals surface area contributed by atoms with E-state index in [4.69, 9.17) is 16.9 Å². The van der Waals surface area contributed by atoms with Gasteiger partial charge in [-0.3, -0.25) is 14.6 Å². The lowest BCUT2D eigenvalue weighted by molar-refractivity contribution is -0.127. The van der Waals surface area contributed by atoms with Crippen LogP contribution in [0.2, 0.25) is 5.02 Å². The number of rotatable bonds is 2. The second-order valence-corrected chi connectivity index (χ2v) is 6.79. The first-order valence-corrected chi connectivity index (χ1v) is 8.81. The Balaban J connectivity index is 1.59. The number of carbonyl (C=O) groups is 1. The molecule has 26 heavy (non-hydrogen) atoms. The SMILES string of the molecule is N#CN1CCN2CCN(c3cc(-c4ccc(Cl)cc4)ncn3)C(=O)C2C1. The number of nitriles is 1. The van der Waals surface area contributed by atoms with Gasteiger partial charge in [-0.05, 0) is 12.1 Å². The van der Waals surface area contributed by atoms with Crippen LogP contribution in [-0.4, -0.2) is 64.4 Å². The zero-order valence-corrected chi connectivity index (χ0v) is 14.8. The van der Waals surface area contributed by atoms with E-state index in [-0.39, 0.29) is 11.9 Å². The third-order valence-corrected chi connectivity index (χ3v) is 5.12. The number of piperazine rings is 2. The second-order valence-electron chi connectivity index (χ2n) is 6.36. The van der Waals surface area contributed by atoms with Crippen LogP contribution in [0.3, 0.4) is 0 Å². The highest BCUT2D eigenvalue weighted by atomic mass is 35.5. The van der Waals surface area contributed by atoms with Crippen LogP contribution < -0.4 is 4.90 Å². The molecule has 132 valence electrons. The Hall–Kier alpha value is -2.69. The summed E-state index contributed by atoms with van der Waals surface area (Å²) < 4.78 is 0. The standard InChI is InChI=1S/C18H17ClN6O/c19-14-3-1-13(2-4-14)15-9-17(22-12-21-15)25-8-7-24-6-5-23(11-20)10-16(24)18(25)26/h1-4,9,12,16H,5-8,10H2. The number of hydrogen-bond donors (Lipinski definition) is 0. The lowest BCUT2D eigenvalue weighted by Gasteiger charge is -2.44. The Morgan fingerprint density at radius 1 is 1.12 bits per heavy atom. The topological polar surface area (TPSA) is 76.4 Å². The monoisotopic (exact) mass is 368 g/mol. The Kier molecular flexibility index (Phi) is 4.45. The third kappa shape index (κ3) is 3.09. The maximum Gasteiger partial charge on any atom is 0.247 e. The molecule has 2 fully saturated rings. The van der Waals surface area contributed by atoms with E-state index in [1.54, 1.807) is 21.9 Å². The van der Waals surface area contributed by atoms with Gasteiger partial charge in [-0.15, -0.1) is 0 Å². The van der Waals surface area contributed by atoms with Crippen LogP contribution in [0.4, 0.5) is 5.82 Å². The summed E-state index contributed by atoms with van der Waals surface area (Å²) in [4.78, 5) is 27.1. The van der Waals surface area contributed by atoms with Gasteiger partial charge < -0.3 is 4.90 Å². The molecule has 4 rings (SSSR count). The second kappa shape index (κ2) is 6.90. The van der Waals surface area contributed by atoms with Crippen LogP contribution in [-0.2, 0) is 4.79 Å². The molecular formula is C18H17ClN6O. The van der Waals surface area contributed by atoms with Crippen LogP contribution >= 0.6 is 11.6 Å². The smallest absolute Gasteiger partial charge is 0.247 e. The van der Waals surface area contributed by atoms with Gasteiger partial charge >= 0.3 is 0 Å². The summed E-state index contributed by atoms with van der Waals surface area (Å²) in [6.45, 7) is 3.20.